The van der Waals surface area contributed by atoms with Crippen molar-refractivity contribution in [3.05, 3.63) is 34.1 Å². The molecule has 4 nitrogen and oxygen atoms in total. The Morgan fingerprint density at radius 3 is 2.79 bits per heavy atom. The second-order valence-electron chi connectivity index (χ2n) is 5.05. The van der Waals surface area contributed by atoms with Crippen molar-refractivity contribution in [2.75, 3.05) is 0 Å². The predicted octanol–water partition coefficient (Wildman–Crippen LogP) is 3.78. The maximum atomic E-state index is 6.20. The van der Waals surface area contributed by atoms with Gasteiger partial charge < -0.3 is 10.3 Å². The van der Waals surface area contributed by atoms with Crippen LogP contribution in [0.15, 0.2) is 27.2 Å². The Kier molecular flexibility index (Phi) is 4.06. The van der Waals surface area contributed by atoms with Crippen molar-refractivity contribution in [1.82, 2.24) is 10.1 Å². The van der Waals surface area contributed by atoms with E-state index in [0.29, 0.717) is 11.7 Å². The first-order chi connectivity index (χ1) is 8.94. The van der Waals surface area contributed by atoms with Crippen molar-refractivity contribution in [1.29, 1.82) is 0 Å². The fourth-order valence-corrected chi connectivity index (χ4v) is 2.54. The zero-order valence-corrected chi connectivity index (χ0v) is 13.0. The van der Waals surface area contributed by atoms with Gasteiger partial charge in [0.15, 0.2) is 0 Å². The first-order valence-electron chi connectivity index (χ1n) is 6.33. The summed E-state index contributed by atoms with van der Waals surface area (Å²) < 4.78 is 6.36. The molecule has 5 heteroatoms. The molecule has 2 rings (SSSR count). The molecule has 0 aliphatic carbocycles. The van der Waals surface area contributed by atoms with E-state index >= 15 is 0 Å². The molecule has 1 unspecified atom stereocenters. The van der Waals surface area contributed by atoms with E-state index in [1.807, 2.05) is 32.0 Å². The molecule has 0 spiro atoms. The Morgan fingerprint density at radius 2 is 2.16 bits per heavy atom. The molecule has 0 fully saturated rings. The average molecular weight is 324 g/mol. The molecule has 0 aliphatic rings. The maximum absolute atomic E-state index is 6.20. The third kappa shape index (κ3) is 3.04. The Balaban J connectivity index is 2.35. The van der Waals surface area contributed by atoms with Crippen LogP contribution >= 0.6 is 15.9 Å². The lowest BCUT2D eigenvalue weighted by molar-refractivity contribution is 0.284. The standard InChI is InChI=1S/C14H18BrN3O/c1-4-7-14(3,16)13-17-12(18-19-13)11-6-5-10(15)8-9(11)2/h5-6,8H,4,7,16H2,1-3H3. The van der Waals surface area contributed by atoms with Gasteiger partial charge in [0.2, 0.25) is 11.7 Å². The average Bonchev–Trinajstić information content (AvgIpc) is 2.78. The van der Waals surface area contributed by atoms with E-state index in [4.69, 9.17) is 10.3 Å². The van der Waals surface area contributed by atoms with Gasteiger partial charge in [0, 0.05) is 10.0 Å². The molecule has 19 heavy (non-hydrogen) atoms. The predicted molar refractivity (Wildman–Crippen MR) is 78.6 cm³/mol. The summed E-state index contributed by atoms with van der Waals surface area (Å²) in [6.45, 7) is 6.02. The summed E-state index contributed by atoms with van der Waals surface area (Å²) in [6, 6.07) is 5.97. The van der Waals surface area contributed by atoms with Crippen LogP contribution in [0.2, 0.25) is 0 Å². The molecule has 1 aromatic heterocycles. The number of aromatic nitrogens is 2. The summed E-state index contributed by atoms with van der Waals surface area (Å²) >= 11 is 3.44. The van der Waals surface area contributed by atoms with Crippen molar-refractivity contribution in [2.45, 2.75) is 39.2 Å². The molecule has 0 amide bonds. The Labute approximate surface area is 121 Å². The zero-order chi connectivity index (χ0) is 14.0. The molecule has 1 heterocycles. The van der Waals surface area contributed by atoms with Crippen LogP contribution in [0.4, 0.5) is 0 Å². The van der Waals surface area contributed by atoms with Gasteiger partial charge >= 0.3 is 0 Å². The molecule has 102 valence electrons. The number of benzene rings is 1. The molecule has 0 radical (unpaired) electrons. The molecule has 2 N–H and O–H groups in total. The summed E-state index contributed by atoms with van der Waals surface area (Å²) in [5.74, 6) is 1.08. The van der Waals surface area contributed by atoms with E-state index in [1.165, 1.54) is 0 Å². The highest BCUT2D eigenvalue weighted by Crippen LogP contribution is 2.27. The fourth-order valence-electron chi connectivity index (χ4n) is 2.07. The monoisotopic (exact) mass is 323 g/mol. The molecule has 0 aliphatic heterocycles. The quantitative estimate of drug-likeness (QED) is 0.929. The number of hydrogen-bond donors (Lipinski definition) is 1. The first-order valence-corrected chi connectivity index (χ1v) is 7.13. The molecule has 1 atom stereocenters. The van der Waals surface area contributed by atoms with Crippen molar-refractivity contribution < 1.29 is 4.52 Å². The van der Waals surface area contributed by atoms with Gasteiger partial charge in [-0.25, -0.2) is 0 Å². The summed E-state index contributed by atoms with van der Waals surface area (Å²) in [4.78, 5) is 4.44. The first kappa shape index (κ1) is 14.2. The SMILES string of the molecule is CCCC(C)(N)c1nc(-c2ccc(Br)cc2C)no1. The van der Waals surface area contributed by atoms with Crippen molar-refractivity contribution in [3.63, 3.8) is 0 Å². The van der Waals surface area contributed by atoms with Crippen molar-refractivity contribution in [2.24, 2.45) is 5.73 Å². The second-order valence-corrected chi connectivity index (χ2v) is 5.97. The third-order valence-electron chi connectivity index (χ3n) is 3.11. The highest BCUT2D eigenvalue weighted by molar-refractivity contribution is 9.10. The largest absolute Gasteiger partial charge is 0.337 e. The number of nitrogens with two attached hydrogens (primary N) is 1. The number of hydrogen-bond acceptors (Lipinski definition) is 4. The van der Waals surface area contributed by atoms with Crippen LogP contribution in [0.1, 0.15) is 38.1 Å². The van der Waals surface area contributed by atoms with E-state index in [2.05, 4.69) is 33.0 Å². The molecule has 1 aromatic carbocycles. The summed E-state index contributed by atoms with van der Waals surface area (Å²) in [7, 11) is 0. The van der Waals surface area contributed by atoms with Gasteiger partial charge in [-0.15, -0.1) is 0 Å². The van der Waals surface area contributed by atoms with Gasteiger partial charge in [-0.3, -0.25) is 0 Å². The number of rotatable bonds is 4. The Morgan fingerprint density at radius 1 is 1.42 bits per heavy atom. The van der Waals surface area contributed by atoms with Gasteiger partial charge in [-0.1, -0.05) is 34.4 Å². The minimum atomic E-state index is -0.566. The van der Waals surface area contributed by atoms with Crippen LogP contribution in [0.5, 0.6) is 0 Å². The van der Waals surface area contributed by atoms with Gasteiger partial charge in [-0.05, 0) is 44.0 Å². The molecular formula is C14H18BrN3O. The van der Waals surface area contributed by atoms with E-state index in [9.17, 15) is 0 Å². The maximum Gasteiger partial charge on any atom is 0.246 e. The highest BCUT2D eigenvalue weighted by Gasteiger charge is 2.27. The lowest BCUT2D eigenvalue weighted by atomic mass is 9.98. The van der Waals surface area contributed by atoms with Crippen LogP contribution in [0, 0.1) is 6.92 Å². The summed E-state index contributed by atoms with van der Waals surface area (Å²) in [5.41, 5.74) is 7.69. The van der Waals surface area contributed by atoms with Crippen LogP contribution in [-0.2, 0) is 5.54 Å². The van der Waals surface area contributed by atoms with E-state index < -0.39 is 5.54 Å². The molecule has 0 bridgehead atoms. The highest BCUT2D eigenvalue weighted by atomic mass is 79.9. The van der Waals surface area contributed by atoms with Crippen molar-refractivity contribution in [3.8, 4) is 11.4 Å². The smallest absolute Gasteiger partial charge is 0.246 e. The number of nitrogens with zero attached hydrogens (tertiary/aromatic N) is 2. The van der Waals surface area contributed by atoms with Crippen LogP contribution < -0.4 is 5.73 Å². The lowest BCUT2D eigenvalue weighted by Crippen LogP contribution is -2.33. The minimum Gasteiger partial charge on any atom is -0.337 e. The van der Waals surface area contributed by atoms with Crippen LogP contribution in [-0.4, -0.2) is 10.1 Å². The number of halogens is 1. The van der Waals surface area contributed by atoms with E-state index in [1.54, 1.807) is 0 Å². The zero-order valence-electron chi connectivity index (χ0n) is 11.4. The Bertz CT molecular complexity index is 578. The molecule has 2 aromatic rings. The summed E-state index contributed by atoms with van der Waals surface area (Å²) in [5, 5.41) is 4.04. The lowest BCUT2D eigenvalue weighted by Gasteiger charge is -2.18. The fraction of sp³-hybridized carbons (Fsp3) is 0.429. The van der Waals surface area contributed by atoms with Crippen LogP contribution in [0.3, 0.4) is 0 Å². The van der Waals surface area contributed by atoms with Crippen molar-refractivity contribution >= 4 is 15.9 Å². The topological polar surface area (TPSA) is 64.9 Å². The molecule has 0 saturated carbocycles. The second kappa shape index (κ2) is 5.43. The molecule has 0 saturated heterocycles. The van der Waals surface area contributed by atoms with Crippen LogP contribution in [0.25, 0.3) is 11.4 Å². The number of aryl methyl sites for hydroxylation is 1. The molecular weight excluding hydrogens is 306 g/mol. The van der Waals surface area contributed by atoms with Gasteiger partial charge in [0.1, 0.15) is 0 Å². The van der Waals surface area contributed by atoms with Gasteiger partial charge in [-0.2, -0.15) is 4.98 Å². The van der Waals surface area contributed by atoms with E-state index in [0.717, 1.165) is 28.4 Å². The summed E-state index contributed by atoms with van der Waals surface area (Å²) in [6.07, 6.45) is 1.79. The third-order valence-corrected chi connectivity index (χ3v) is 3.61. The van der Waals surface area contributed by atoms with E-state index in [-0.39, 0.29) is 0 Å². The van der Waals surface area contributed by atoms with Gasteiger partial charge in [0.25, 0.3) is 0 Å². The van der Waals surface area contributed by atoms with Gasteiger partial charge in [0.05, 0.1) is 5.54 Å². The minimum absolute atomic E-state index is 0.492. The normalized spacial score (nSPS) is 14.4. The Hall–Kier alpha value is -1.20.